The summed E-state index contributed by atoms with van der Waals surface area (Å²) in [6.07, 6.45) is 2.88. The Morgan fingerprint density at radius 2 is 1.93 bits per heavy atom. The Labute approximate surface area is 157 Å². The van der Waals surface area contributed by atoms with Crippen molar-refractivity contribution in [3.05, 3.63) is 30.6 Å². The molecule has 144 valence electrons. The number of ether oxygens (including phenoxy) is 1. The summed E-state index contributed by atoms with van der Waals surface area (Å²) in [5.74, 6) is 0.598. The van der Waals surface area contributed by atoms with Gasteiger partial charge in [0.1, 0.15) is 12.1 Å². The molecule has 0 spiro atoms. The van der Waals surface area contributed by atoms with Gasteiger partial charge in [-0.1, -0.05) is 0 Å². The minimum absolute atomic E-state index is 0.0174. The number of likely N-dealkylation sites (tertiary alicyclic amines) is 1. The lowest BCUT2D eigenvalue weighted by atomic mass is 9.95. The van der Waals surface area contributed by atoms with Gasteiger partial charge in [-0.15, -0.1) is 5.10 Å². The zero-order valence-electron chi connectivity index (χ0n) is 15.5. The van der Waals surface area contributed by atoms with Gasteiger partial charge in [-0.05, 0) is 61.4 Å². The normalized spacial score (nSPS) is 15.0. The van der Waals surface area contributed by atoms with Gasteiger partial charge < -0.3 is 15.0 Å². The van der Waals surface area contributed by atoms with E-state index in [0.29, 0.717) is 31.7 Å². The lowest BCUT2D eigenvalue weighted by Gasteiger charge is -2.31. The van der Waals surface area contributed by atoms with Crippen LogP contribution in [-0.2, 0) is 9.59 Å². The number of hydrogen-bond donors (Lipinski definition) is 1. The van der Waals surface area contributed by atoms with E-state index in [4.69, 9.17) is 4.74 Å². The molecule has 3 rings (SSSR count). The van der Waals surface area contributed by atoms with Gasteiger partial charge in [0.15, 0.2) is 6.61 Å². The summed E-state index contributed by atoms with van der Waals surface area (Å²) in [7, 11) is 0. The Morgan fingerprint density at radius 3 is 2.52 bits per heavy atom. The second-order valence-electron chi connectivity index (χ2n) is 6.86. The van der Waals surface area contributed by atoms with Crippen molar-refractivity contribution < 1.29 is 14.3 Å². The topological polar surface area (TPSA) is 102 Å². The third kappa shape index (κ3) is 5.02. The Kier molecular flexibility index (Phi) is 6.00. The molecular weight excluding hydrogens is 348 g/mol. The van der Waals surface area contributed by atoms with Crippen molar-refractivity contribution >= 4 is 11.8 Å². The molecule has 1 saturated heterocycles. The fourth-order valence-corrected chi connectivity index (χ4v) is 3.00. The van der Waals surface area contributed by atoms with Crippen molar-refractivity contribution in [1.29, 1.82) is 0 Å². The number of nitrogens with one attached hydrogen (secondary N) is 1. The van der Waals surface area contributed by atoms with Crippen LogP contribution in [0.1, 0.15) is 26.7 Å². The van der Waals surface area contributed by atoms with Crippen molar-refractivity contribution in [3.8, 4) is 11.4 Å². The van der Waals surface area contributed by atoms with E-state index in [2.05, 4.69) is 20.8 Å². The van der Waals surface area contributed by atoms with Gasteiger partial charge in [-0.25, -0.2) is 4.68 Å². The zero-order valence-corrected chi connectivity index (χ0v) is 15.5. The van der Waals surface area contributed by atoms with Crippen molar-refractivity contribution in [2.24, 2.45) is 5.92 Å². The highest BCUT2D eigenvalue weighted by molar-refractivity contribution is 5.80. The van der Waals surface area contributed by atoms with Crippen LogP contribution in [0.3, 0.4) is 0 Å². The molecule has 0 aliphatic carbocycles. The molecule has 0 atom stereocenters. The number of carbonyl (C=O) groups excluding carboxylic acids is 2. The van der Waals surface area contributed by atoms with Gasteiger partial charge in [0.2, 0.25) is 5.91 Å². The smallest absolute Gasteiger partial charge is 0.260 e. The van der Waals surface area contributed by atoms with Gasteiger partial charge >= 0.3 is 0 Å². The van der Waals surface area contributed by atoms with Gasteiger partial charge in [-0.2, -0.15) is 0 Å². The number of amides is 2. The van der Waals surface area contributed by atoms with Crippen LogP contribution in [0, 0.1) is 5.92 Å². The predicted molar refractivity (Wildman–Crippen MR) is 97.2 cm³/mol. The van der Waals surface area contributed by atoms with Crippen LogP contribution >= 0.6 is 0 Å². The summed E-state index contributed by atoms with van der Waals surface area (Å²) >= 11 is 0. The predicted octanol–water partition coefficient (Wildman–Crippen LogP) is 0.804. The molecule has 1 fully saturated rings. The maximum absolute atomic E-state index is 12.3. The van der Waals surface area contributed by atoms with E-state index in [0.717, 1.165) is 5.69 Å². The van der Waals surface area contributed by atoms with Crippen LogP contribution < -0.4 is 10.1 Å². The average Bonchev–Trinajstić information content (AvgIpc) is 3.21. The minimum Gasteiger partial charge on any atom is -0.484 e. The molecule has 9 nitrogen and oxygen atoms in total. The van der Waals surface area contributed by atoms with E-state index in [-0.39, 0.29) is 30.4 Å². The Hall–Kier alpha value is -2.97. The largest absolute Gasteiger partial charge is 0.484 e. The third-order valence-corrected chi connectivity index (χ3v) is 4.46. The lowest BCUT2D eigenvalue weighted by molar-refractivity contribution is -0.137. The SMILES string of the molecule is CC(C)NC(=O)C1CCN(C(=O)COc2ccc(-n3cnnn3)cc2)CC1. The van der Waals surface area contributed by atoms with Gasteiger partial charge in [0, 0.05) is 25.0 Å². The van der Waals surface area contributed by atoms with E-state index in [9.17, 15) is 9.59 Å². The number of rotatable bonds is 6. The standard InChI is InChI=1S/C18H24N6O3/c1-13(2)20-18(26)14-7-9-23(10-8-14)17(25)11-27-16-5-3-15(4-6-16)24-12-19-21-22-24/h3-6,12-14H,7-11H2,1-2H3,(H,20,26). The average molecular weight is 372 g/mol. The van der Waals surface area contributed by atoms with Crippen LogP contribution in [0.5, 0.6) is 5.75 Å². The first-order valence-corrected chi connectivity index (χ1v) is 9.07. The lowest BCUT2D eigenvalue weighted by Crippen LogP contribution is -2.45. The van der Waals surface area contributed by atoms with Crippen LogP contribution in [0.25, 0.3) is 5.69 Å². The number of piperidine rings is 1. The number of aromatic nitrogens is 4. The van der Waals surface area contributed by atoms with Crippen molar-refractivity contribution in [3.63, 3.8) is 0 Å². The van der Waals surface area contributed by atoms with E-state index in [1.165, 1.54) is 11.0 Å². The zero-order chi connectivity index (χ0) is 19.2. The summed E-state index contributed by atoms with van der Waals surface area (Å²) < 4.78 is 7.13. The second kappa shape index (κ2) is 8.61. The molecule has 1 aromatic carbocycles. The van der Waals surface area contributed by atoms with Gasteiger partial charge in [0.05, 0.1) is 5.69 Å². The number of tetrazole rings is 1. The molecule has 1 N–H and O–H groups in total. The van der Waals surface area contributed by atoms with E-state index in [1.807, 2.05) is 26.0 Å². The fourth-order valence-electron chi connectivity index (χ4n) is 3.00. The molecular formula is C18H24N6O3. The first-order valence-electron chi connectivity index (χ1n) is 9.07. The summed E-state index contributed by atoms with van der Waals surface area (Å²) in [6, 6.07) is 7.31. The molecule has 2 amide bonds. The summed E-state index contributed by atoms with van der Waals surface area (Å²) in [4.78, 5) is 26.2. The molecule has 27 heavy (non-hydrogen) atoms. The highest BCUT2D eigenvalue weighted by atomic mass is 16.5. The summed E-state index contributed by atoms with van der Waals surface area (Å²) in [6.45, 7) is 5.03. The Balaban J connectivity index is 1.44. The number of nitrogens with zero attached hydrogens (tertiary/aromatic N) is 5. The molecule has 0 unspecified atom stereocenters. The number of carbonyl (C=O) groups is 2. The molecule has 0 bridgehead atoms. The van der Waals surface area contributed by atoms with E-state index >= 15 is 0 Å². The summed E-state index contributed by atoms with van der Waals surface area (Å²) in [5.41, 5.74) is 0.806. The highest BCUT2D eigenvalue weighted by Crippen LogP contribution is 2.19. The first kappa shape index (κ1) is 18.8. The van der Waals surface area contributed by atoms with E-state index in [1.54, 1.807) is 17.0 Å². The maximum Gasteiger partial charge on any atom is 0.260 e. The van der Waals surface area contributed by atoms with Crippen LogP contribution in [-0.4, -0.2) is 62.7 Å². The minimum atomic E-state index is -0.0673. The maximum atomic E-state index is 12.3. The van der Waals surface area contributed by atoms with Crippen LogP contribution in [0.4, 0.5) is 0 Å². The monoisotopic (exact) mass is 372 g/mol. The molecule has 0 radical (unpaired) electrons. The molecule has 1 aliphatic heterocycles. The van der Waals surface area contributed by atoms with Crippen LogP contribution in [0.2, 0.25) is 0 Å². The Morgan fingerprint density at radius 1 is 1.22 bits per heavy atom. The molecule has 2 aromatic rings. The van der Waals surface area contributed by atoms with E-state index < -0.39 is 0 Å². The molecule has 9 heteroatoms. The van der Waals surface area contributed by atoms with Crippen molar-refractivity contribution in [1.82, 2.24) is 30.4 Å². The fraction of sp³-hybridized carbons (Fsp3) is 0.500. The summed E-state index contributed by atoms with van der Waals surface area (Å²) in [5, 5.41) is 13.9. The third-order valence-electron chi connectivity index (χ3n) is 4.46. The molecule has 0 saturated carbocycles. The van der Waals surface area contributed by atoms with Crippen molar-refractivity contribution in [2.45, 2.75) is 32.7 Å². The first-order chi connectivity index (χ1) is 13.0. The molecule has 1 aromatic heterocycles. The van der Waals surface area contributed by atoms with Gasteiger partial charge in [-0.3, -0.25) is 9.59 Å². The van der Waals surface area contributed by atoms with Crippen molar-refractivity contribution in [2.75, 3.05) is 19.7 Å². The van der Waals surface area contributed by atoms with Gasteiger partial charge in [0.25, 0.3) is 5.91 Å². The Bertz CT molecular complexity index is 752. The number of benzene rings is 1. The number of hydrogen-bond acceptors (Lipinski definition) is 6. The van der Waals surface area contributed by atoms with Crippen LogP contribution in [0.15, 0.2) is 30.6 Å². The molecule has 2 heterocycles. The molecule has 1 aliphatic rings. The highest BCUT2D eigenvalue weighted by Gasteiger charge is 2.27. The quantitative estimate of drug-likeness (QED) is 0.805. The second-order valence-corrected chi connectivity index (χ2v) is 6.86.